The maximum atomic E-state index is 5.68. The number of aryl methyl sites for hydroxylation is 1. The fraction of sp³-hybridized carbons (Fsp3) is 0.385. The van der Waals surface area contributed by atoms with Gasteiger partial charge in [-0.2, -0.15) is 0 Å². The van der Waals surface area contributed by atoms with Crippen LogP contribution in [0.5, 0.6) is 0 Å². The summed E-state index contributed by atoms with van der Waals surface area (Å²) in [6.07, 6.45) is 5.04. The Bertz CT molecular complexity index is 1250. The van der Waals surface area contributed by atoms with Crippen LogP contribution >= 0.6 is 0 Å². The number of H-pyrrole nitrogens is 1. The third kappa shape index (κ3) is 3.48. The summed E-state index contributed by atoms with van der Waals surface area (Å²) in [5.41, 5.74) is 6.74. The number of hydrogen-bond acceptors (Lipinski definition) is 4. The summed E-state index contributed by atoms with van der Waals surface area (Å²) < 4.78 is 8.04. The van der Waals surface area contributed by atoms with Gasteiger partial charge < -0.3 is 14.6 Å². The number of nitrogens with one attached hydrogen (secondary N) is 1. The Morgan fingerprint density at radius 2 is 2.06 bits per heavy atom. The summed E-state index contributed by atoms with van der Waals surface area (Å²) in [5, 5.41) is 10.7. The van der Waals surface area contributed by atoms with E-state index in [1.807, 2.05) is 0 Å². The highest BCUT2D eigenvalue weighted by molar-refractivity contribution is 5.83. The van der Waals surface area contributed by atoms with E-state index in [-0.39, 0.29) is 0 Å². The van der Waals surface area contributed by atoms with E-state index in [1.54, 1.807) is 0 Å². The molecule has 0 saturated carbocycles. The second-order valence-electron chi connectivity index (χ2n) is 9.18. The third-order valence-corrected chi connectivity index (χ3v) is 7.08. The third-order valence-electron chi connectivity index (χ3n) is 7.08. The van der Waals surface area contributed by atoms with Crippen molar-refractivity contribution in [3.05, 3.63) is 76.7 Å². The lowest BCUT2D eigenvalue weighted by Crippen LogP contribution is -2.33. The molecule has 2 aromatic carbocycles. The molecule has 1 saturated heterocycles. The molecule has 2 aliphatic rings. The first-order valence-electron chi connectivity index (χ1n) is 11.6. The predicted octanol–water partition coefficient (Wildman–Crippen LogP) is 4.26. The molecule has 32 heavy (non-hydrogen) atoms. The highest BCUT2D eigenvalue weighted by Crippen LogP contribution is 2.29. The van der Waals surface area contributed by atoms with Crippen molar-refractivity contribution in [2.75, 3.05) is 24.7 Å². The summed E-state index contributed by atoms with van der Waals surface area (Å²) in [6.45, 7) is 6.68. The molecule has 0 spiro atoms. The lowest BCUT2D eigenvalue weighted by atomic mass is 9.95. The zero-order chi connectivity index (χ0) is 21.5. The quantitative estimate of drug-likeness (QED) is 0.517. The summed E-state index contributed by atoms with van der Waals surface area (Å²) in [4.78, 5) is 5.81. The van der Waals surface area contributed by atoms with E-state index in [9.17, 15) is 0 Å². The standard InChI is InChI=1S/C26H29N5O/c1-18-5-4-6-20-16-30(11-9-22(18)20)26-29-28-25(31(26)15-19-10-12-32-17-19)13-21-14-27-24-8-3-2-7-23(21)24/h2-8,14,19,27H,9-13,15-17H2,1H3. The van der Waals surface area contributed by atoms with E-state index >= 15 is 0 Å². The van der Waals surface area contributed by atoms with Crippen molar-refractivity contribution in [2.24, 2.45) is 5.92 Å². The minimum atomic E-state index is 0.519. The van der Waals surface area contributed by atoms with Gasteiger partial charge in [0.2, 0.25) is 5.95 Å². The molecule has 6 rings (SSSR count). The van der Waals surface area contributed by atoms with E-state index in [1.165, 1.54) is 33.2 Å². The molecule has 0 bridgehead atoms. The molecular formula is C26H29N5O. The number of para-hydroxylation sites is 1. The average Bonchev–Trinajstić information content (AvgIpc) is 3.56. The normalized spacial score (nSPS) is 18.4. The summed E-state index contributed by atoms with van der Waals surface area (Å²) in [5.74, 6) is 2.55. The van der Waals surface area contributed by atoms with E-state index < -0.39 is 0 Å². The van der Waals surface area contributed by atoms with Gasteiger partial charge in [-0.15, -0.1) is 10.2 Å². The summed E-state index contributed by atoms with van der Waals surface area (Å²) in [6, 6.07) is 15.1. The number of ether oxygens (including phenoxy) is 1. The topological polar surface area (TPSA) is 59.0 Å². The number of rotatable bonds is 5. The highest BCUT2D eigenvalue weighted by Gasteiger charge is 2.26. The smallest absolute Gasteiger partial charge is 0.227 e. The van der Waals surface area contributed by atoms with Gasteiger partial charge >= 0.3 is 0 Å². The van der Waals surface area contributed by atoms with Crippen LogP contribution in [-0.2, 0) is 30.7 Å². The van der Waals surface area contributed by atoms with Crippen molar-refractivity contribution in [1.29, 1.82) is 0 Å². The van der Waals surface area contributed by atoms with Crippen LogP contribution in [0, 0.1) is 12.8 Å². The lowest BCUT2D eigenvalue weighted by Gasteiger charge is -2.31. The molecule has 4 heterocycles. The number of aromatic nitrogens is 4. The predicted molar refractivity (Wildman–Crippen MR) is 126 cm³/mol. The first-order chi connectivity index (χ1) is 15.8. The number of aromatic amines is 1. The van der Waals surface area contributed by atoms with Gasteiger partial charge in [-0.25, -0.2) is 0 Å². The summed E-state index contributed by atoms with van der Waals surface area (Å²) >= 11 is 0. The van der Waals surface area contributed by atoms with E-state index in [4.69, 9.17) is 14.9 Å². The molecule has 0 amide bonds. The van der Waals surface area contributed by atoms with Gasteiger partial charge in [0.25, 0.3) is 0 Å². The molecule has 0 radical (unpaired) electrons. The molecule has 0 aliphatic carbocycles. The van der Waals surface area contributed by atoms with E-state index in [2.05, 4.69) is 70.0 Å². The molecule has 2 aromatic heterocycles. The zero-order valence-electron chi connectivity index (χ0n) is 18.6. The number of benzene rings is 2. The first kappa shape index (κ1) is 19.6. The van der Waals surface area contributed by atoms with Gasteiger partial charge in [-0.1, -0.05) is 36.4 Å². The fourth-order valence-corrected chi connectivity index (χ4v) is 5.28. The zero-order valence-corrected chi connectivity index (χ0v) is 18.6. The monoisotopic (exact) mass is 427 g/mol. The van der Waals surface area contributed by atoms with Crippen LogP contribution < -0.4 is 4.90 Å². The highest BCUT2D eigenvalue weighted by atomic mass is 16.5. The molecule has 6 nitrogen and oxygen atoms in total. The lowest BCUT2D eigenvalue weighted by molar-refractivity contribution is 0.182. The Kier molecular flexibility index (Phi) is 4.95. The summed E-state index contributed by atoms with van der Waals surface area (Å²) in [7, 11) is 0. The van der Waals surface area contributed by atoms with Crippen molar-refractivity contribution in [3.63, 3.8) is 0 Å². The molecule has 6 heteroatoms. The van der Waals surface area contributed by atoms with Crippen molar-refractivity contribution >= 4 is 16.9 Å². The molecule has 1 N–H and O–H groups in total. The number of fused-ring (bicyclic) bond motifs is 2. The van der Waals surface area contributed by atoms with E-state index in [0.29, 0.717) is 5.92 Å². The number of hydrogen-bond donors (Lipinski definition) is 1. The number of anilines is 1. The maximum Gasteiger partial charge on any atom is 0.227 e. The van der Waals surface area contributed by atoms with Gasteiger partial charge in [0.15, 0.2) is 0 Å². The van der Waals surface area contributed by atoms with E-state index in [0.717, 1.165) is 63.9 Å². The van der Waals surface area contributed by atoms with Gasteiger partial charge in [0.05, 0.1) is 6.61 Å². The molecule has 1 atom stereocenters. The minimum Gasteiger partial charge on any atom is -0.381 e. The van der Waals surface area contributed by atoms with Crippen LogP contribution in [-0.4, -0.2) is 39.5 Å². The molecule has 4 aromatic rings. The van der Waals surface area contributed by atoms with Crippen LogP contribution in [0.15, 0.2) is 48.7 Å². The number of nitrogens with zero attached hydrogens (tertiary/aromatic N) is 4. The van der Waals surface area contributed by atoms with Gasteiger partial charge in [-0.05, 0) is 48.1 Å². The van der Waals surface area contributed by atoms with Gasteiger partial charge in [0.1, 0.15) is 5.82 Å². The average molecular weight is 428 g/mol. The van der Waals surface area contributed by atoms with Crippen molar-refractivity contribution in [2.45, 2.75) is 39.3 Å². The van der Waals surface area contributed by atoms with Gasteiger partial charge in [-0.3, -0.25) is 4.57 Å². The van der Waals surface area contributed by atoms with Crippen molar-refractivity contribution < 1.29 is 4.74 Å². The van der Waals surface area contributed by atoms with Crippen LogP contribution in [0.4, 0.5) is 5.95 Å². The Morgan fingerprint density at radius 3 is 2.97 bits per heavy atom. The van der Waals surface area contributed by atoms with Crippen LogP contribution in [0.2, 0.25) is 0 Å². The second-order valence-corrected chi connectivity index (χ2v) is 9.18. The Labute approximate surface area is 188 Å². The molecular weight excluding hydrogens is 398 g/mol. The van der Waals surface area contributed by atoms with Gasteiger partial charge in [0, 0.05) is 55.7 Å². The Balaban J connectivity index is 1.34. The SMILES string of the molecule is Cc1cccc2c1CCN(c1nnc(Cc3c[nH]c4ccccc34)n1CC1CCOC1)C2. The van der Waals surface area contributed by atoms with Crippen LogP contribution in [0.3, 0.4) is 0 Å². The molecule has 1 unspecified atom stereocenters. The maximum absolute atomic E-state index is 5.68. The molecule has 2 aliphatic heterocycles. The molecule has 164 valence electrons. The van der Waals surface area contributed by atoms with Crippen LogP contribution in [0.1, 0.15) is 34.5 Å². The Morgan fingerprint density at radius 1 is 1.12 bits per heavy atom. The van der Waals surface area contributed by atoms with Crippen molar-refractivity contribution in [3.8, 4) is 0 Å². The fourth-order valence-electron chi connectivity index (χ4n) is 5.28. The second kappa shape index (κ2) is 8.10. The Hall–Kier alpha value is -3.12. The first-order valence-corrected chi connectivity index (χ1v) is 11.6. The minimum absolute atomic E-state index is 0.519. The van der Waals surface area contributed by atoms with Crippen LogP contribution in [0.25, 0.3) is 10.9 Å². The molecule has 1 fully saturated rings. The largest absolute Gasteiger partial charge is 0.381 e. The van der Waals surface area contributed by atoms with Crippen molar-refractivity contribution in [1.82, 2.24) is 19.7 Å².